The second kappa shape index (κ2) is 6.48. The lowest BCUT2D eigenvalue weighted by atomic mass is 10.1. The number of rotatable bonds is 3. The van der Waals surface area contributed by atoms with Gasteiger partial charge in [-0.25, -0.2) is 0 Å². The van der Waals surface area contributed by atoms with Gasteiger partial charge in [0.1, 0.15) is 0 Å². The van der Waals surface area contributed by atoms with Crippen LogP contribution in [0, 0.1) is 9.49 Å². The molecule has 5 heteroatoms. The number of amides is 2. The molecule has 3 rings (SSSR count). The van der Waals surface area contributed by atoms with Crippen molar-refractivity contribution in [1.82, 2.24) is 0 Å². The standard InChI is InChI=1S/C17H15IN2O2/c18-13-6-8-14(9-7-13)19-17(22)12-10-16(21)20(11-12)15-4-2-1-3-5-15/h1-9,12H,10-11H2,(H,19,22)/t12-/m1/s1. The highest BCUT2D eigenvalue weighted by atomic mass is 127. The number of nitrogens with one attached hydrogen (secondary N) is 1. The van der Waals surface area contributed by atoms with Gasteiger partial charge in [0.25, 0.3) is 0 Å². The van der Waals surface area contributed by atoms with Crippen molar-refractivity contribution in [3.63, 3.8) is 0 Å². The molecule has 0 aromatic heterocycles. The zero-order valence-corrected chi connectivity index (χ0v) is 14.0. The molecule has 2 aromatic rings. The molecule has 0 bridgehead atoms. The maximum atomic E-state index is 12.3. The molecule has 1 heterocycles. The van der Waals surface area contributed by atoms with Gasteiger partial charge in [0.2, 0.25) is 11.8 Å². The first-order chi connectivity index (χ1) is 10.6. The molecule has 1 N–H and O–H groups in total. The number of hydrogen-bond acceptors (Lipinski definition) is 2. The van der Waals surface area contributed by atoms with Crippen molar-refractivity contribution >= 4 is 45.8 Å². The molecule has 1 saturated heterocycles. The first-order valence-electron chi connectivity index (χ1n) is 7.05. The van der Waals surface area contributed by atoms with E-state index < -0.39 is 0 Å². The van der Waals surface area contributed by atoms with Crippen LogP contribution in [-0.2, 0) is 9.59 Å². The van der Waals surface area contributed by atoms with E-state index in [4.69, 9.17) is 0 Å². The maximum absolute atomic E-state index is 12.3. The summed E-state index contributed by atoms with van der Waals surface area (Å²) in [5, 5.41) is 2.88. The van der Waals surface area contributed by atoms with E-state index in [1.54, 1.807) is 4.90 Å². The van der Waals surface area contributed by atoms with Crippen LogP contribution < -0.4 is 10.2 Å². The van der Waals surface area contributed by atoms with Gasteiger partial charge in [-0.3, -0.25) is 9.59 Å². The van der Waals surface area contributed by atoms with Crippen LogP contribution in [0.2, 0.25) is 0 Å². The van der Waals surface area contributed by atoms with Crippen molar-refractivity contribution in [1.29, 1.82) is 0 Å². The third-order valence-corrected chi connectivity index (χ3v) is 4.39. The molecule has 0 aliphatic carbocycles. The van der Waals surface area contributed by atoms with E-state index in [0.717, 1.165) is 14.9 Å². The second-order valence-electron chi connectivity index (χ2n) is 5.24. The summed E-state index contributed by atoms with van der Waals surface area (Å²) >= 11 is 2.22. The van der Waals surface area contributed by atoms with E-state index >= 15 is 0 Å². The number of hydrogen-bond donors (Lipinski definition) is 1. The molecule has 1 atom stereocenters. The summed E-state index contributed by atoms with van der Waals surface area (Å²) in [5.74, 6) is -0.422. The predicted molar refractivity (Wildman–Crippen MR) is 94.7 cm³/mol. The van der Waals surface area contributed by atoms with Crippen molar-refractivity contribution in [3.8, 4) is 0 Å². The van der Waals surface area contributed by atoms with Gasteiger partial charge in [0.15, 0.2) is 0 Å². The van der Waals surface area contributed by atoms with Gasteiger partial charge in [-0.15, -0.1) is 0 Å². The third-order valence-electron chi connectivity index (χ3n) is 3.68. The highest BCUT2D eigenvalue weighted by molar-refractivity contribution is 14.1. The Morgan fingerprint density at radius 2 is 1.77 bits per heavy atom. The largest absolute Gasteiger partial charge is 0.326 e. The summed E-state index contributed by atoms with van der Waals surface area (Å²) in [6.45, 7) is 0.430. The highest BCUT2D eigenvalue weighted by Gasteiger charge is 2.35. The third kappa shape index (κ3) is 3.30. The van der Waals surface area contributed by atoms with Crippen LogP contribution in [0.1, 0.15) is 6.42 Å². The quantitative estimate of drug-likeness (QED) is 0.796. The van der Waals surface area contributed by atoms with Gasteiger partial charge in [0, 0.05) is 27.9 Å². The lowest BCUT2D eigenvalue weighted by molar-refractivity contribution is -0.122. The van der Waals surface area contributed by atoms with E-state index in [0.29, 0.717) is 6.54 Å². The van der Waals surface area contributed by atoms with Gasteiger partial charge >= 0.3 is 0 Å². The topological polar surface area (TPSA) is 49.4 Å². The molecule has 4 nitrogen and oxygen atoms in total. The summed E-state index contributed by atoms with van der Waals surface area (Å²) in [5.41, 5.74) is 1.60. The van der Waals surface area contributed by atoms with E-state index in [-0.39, 0.29) is 24.2 Å². The van der Waals surface area contributed by atoms with E-state index in [1.807, 2.05) is 54.6 Å². The molecule has 0 spiro atoms. The minimum Gasteiger partial charge on any atom is -0.326 e. The number of carbonyl (C=O) groups is 2. The van der Waals surface area contributed by atoms with E-state index in [9.17, 15) is 9.59 Å². The fourth-order valence-corrected chi connectivity index (χ4v) is 2.88. The van der Waals surface area contributed by atoms with Gasteiger partial charge in [0.05, 0.1) is 5.92 Å². The Hall–Kier alpha value is -1.89. The molecule has 0 saturated carbocycles. The van der Waals surface area contributed by atoms with Crippen molar-refractivity contribution < 1.29 is 9.59 Å². The Kier molecular flexibility index (Phi) is 4.42. The van der Waals surface area contributed by atoms with Crippen LogP contribution in [0.4, 0.5) is 11.4 Å². The number of halogens is 1. The highest BCUT2D eigenvalue weighted by Crippen LogP contribution is 2.25. The van der Waals surface area contributed by atoms with E-state index in [2.05, 4.69) is 27.9 Å². The van der Waals surface area contributed by atoms with Crippen LogP contribution in [0.3, 0.4) is 0 Å². The monoisotopic (exact) mass is 406 g/mol. The number of para-hydroxylation sites is 1. The summed E-state index contributed by atoms with van der Waals surface area (Å²) in [4.78, 5) is 26.1. The van der Waals surface area contributed by atoms with Gasteiger partial charge in [-0.1, -0.05) is 18.2 Å². The van der Waals surface area contributed by atoms with Crippen molar-refractivity contribution in [2.45, 2.75) is 6.42 Å². The SMILES string of the molecule is O=C(Nc1ccc(I)cc1)[C@@H]1CC(=O)N(c2ccccc2)C1. The number of anilines is 2. The average molecular weight is 406 g/mol. The van der Waals surface area contributed by atoms with Gasteiger partial charge in [-0.05, 0) is 59.0 Å². The summed E-state index contributed by atoms with van der Waals surface area (Å²) in [6, 6.07) is 17.1. The minimum atomic E-state index is -0.313. The Morgan fingerprint density at radius 3 is 2.45 bits per heavy atom. The number of benzene rings is 2. The average Bonchev–Trinajstić information content (AvgIpc) is 2.92. The Bertz CT molecular complexity index is 686. The zero-order chi connectivity index (χ0) is 15.5. The molecule has 1 fully saturated rings. The normalized spacial score (nSPS) is 17.6. The Morgan fingerprint density at radius 1 is 1.09 bits per heavy atom. The summed E-state index contributed by atoms with van der Waals surface area (Å²) < 4.78 is 1.11. The molecule has 0 unspecified atom stereocenters. The van der Waals surface area contributed by atoms with Gasteiger partial charge in [-0.2, -0.15) is 0 Å². The molecular formula is C17H15IN2O2. The van der Waals surface area contributed by atoms with Crippen LogP contribution >= 0.6 is 22.6 Å². The second-order valence-corrected chi connectivity index (χ2v) is 6.48. The van der Waals surface area contributed by atoms with Crippen LogP contribution in [0.25, 0.3) is 0 Å². The lowest BCUT2D eigenvalue weighted by Gasteiger charge is -2.16. The fourth-order valence-electron chi connectivity index (χ4n) is 2.52. The van der Waals surface area contributed by atoms with Crippen molar-refractivity contribution in [2.75, 3.05) is 16.8 Å². The van der Waals surface area contributed by atoms with Crippen molar-refractivity contribution in [3.05, 3.63) is 58.2 Å². The zero-order valence-electron chi connectivity index (χ0n) is 11.8. The van der Waals surface area contributed by atoms with Crippen LogP contribution in [0.5, 0.6) is 0 Å². The maximum Gasteiger partial charge on any atom is 0.229 e. The Balaban J connectivity index is 1.67. The first-order valence-corrected chi connectivity index (χ1v) is 8.13. The van der Waals surface area contributed by atoms with Crippen LogP contribution in [0.15, 0.2) is 54.6 Å². The molecule has 2 amide bonds. The molecule has 0 radical (unpaired) electrons. The fraction of sp³-hybridized carbons (Fsp3) is 0.176. The number of nitrogens with zero attached hydrogens (tertiary/aromatic N) is 1. The predicted octanol–water partition coefficient (Wildman–Crippen LogP) is 3.28. The minimum absolute atomic E-state index is 0.00559. The van der Waals surface area contributed by atoms with Crippen molar-refractivity contribution in [2.24, 2.45) is 5.92 Å². The first kappa shape index (κ1) is 15.0. The Labute approximate surface area is 142 Å². The lowest BCUT2D eigenvalue weighted by Crippen LogP contribution is -2.28. The van der Waals surface area contributed by atoms with E-state index in [1.165, 1.54) is 0 Å². The molecular weight excluding hydrogens is 391 g/mol. The van der Waals surface area contributed by atoms with Crippen LogP contribution in [-0.4, -0.2) is 18.4 Å². The number of carbonyl (C=O) groups excluding carboxylic acids is 2. The molecule has 1 aliphatic rings. The molecule has 2 aromatic carbocycles. The summed E-state index contributed by atoms with van der Waals surface area (Å²) in [7, 11) is 0. The molecule has 1 aliphatic heterocycles. The molecule has 112 valence electrons. The molecule has 22 heavy (non-hydrogen) atoms. The summed E-state index contributed by atoms with van der Waals surface area (Å²) in [6.07, 6.45) is 0.255. The smallest absolute Gasteiger partial charge is 0.229 e. The van der Waals surface area contributed by atoms with Gasteiger partial charge < -0.3 is 10.2 Å².